The topological polar surface area (TPSA) is 51.2 Å². The summed E-state index contributed by atoms with van der Waals surface area (Å²) in [5, 5.41) is 10.1. The molecule has 2 aliphatic rings. The van der Waals surface area contributed by atoms with Crippen molar-refractivity contribution in [2.75, 3.05) is 40.0 Å². The zero-order chi connectivity index (χ0) is 16.2. The quantitative estimate of drug-likeness (QED) is 0.889. The van der Waals surface area contributed by atoms with Crippen LogP contribution in [0.3, 0.4) is 0 Å². The molecule has 1 aromatic rings. The van der Waals surface area contributed by atoms with Crippen molar-refractivity contribution in [3.63, 3.8) is 0 Å². The second kappa shape index (κ2) is 7.71. The van der Waals surface area contributed by atoms with Crippen LogP contribution in [0.4, 0.5) is 0 Å². The molecule has 0 saturated carbocycles. The number of halogens is 1. The maximum absolute atomic E-state index is 9.53. The fourth-order valence-corrected chi connectivity index (χ4v) is 3.56. The van der Waals surface area contributed by atoms with Gasteiger partial charge in [0.1, 0.15) is 0 Å². The Morgan fingerprint density at radius 1 is 1.35 bits per heavy atom. The fourth-order valence-electron chi connectivity index (χ4n) is 3.27. The molecule has 1 fully saturated rings. The third kappa shape index (κ3) is 3.91. The van der Waals surface area contributed by atoms with Gasteiger partial charge in [-0.05, 0) is 30.5 Å². The molecule has 0 radical (unpaired) electrons. The third-order valence-corrected chi connectivity index (χ3v) is 4.86. The number of hydrogen-bond acceptors (Lipinski definition) is 5. The van der Waals surface area contributed by atoms with E-state index < -0.39 is 0 Å². The Bertz CT molecular complexity index is 540. The molecule has 0 amide bonds. The number of benzene rings is 1. The lowest BCUT2D eigenvalue weighted by Crippen LogP contribution is -2.34. The first-order valence-electron chi connectivity index (χ1n) is 8.17. The molecule has 1 saturated heterocycles. The number of nitrogens with zero attached hydrogens (tertiary/aromatic N) is 1. The average molecular weight is 342 g/mol. The zero-order valence-corrected chi connectivity index (χ0v) is 14.2. The maximum atomic E-state index is 9.53. The van der Waals surface area contributed by atoms with Gasteiger partial charge in [0.05, 0.1) is 30.9 Å². The van der Waals surface area contributed by atoms with Crippen LogP contribution >= 0.6 is 11.6 Å². The van der Waals surface area contributed by atoms with Gasteiger partial charge in [0.15, 0.2) is 11.5 Å². The highest BCUT2D eigenvalue weighted by Crippen LogP contribution is 2.38. The summed E-state index contributed by atoms with van der Waals surface area (Å²) in [5.41, 5.74) is 1.12. The van der Waals surface area contributed by atoms with Crippen LogP contribution in [-0.4, -0.2) is 62.2 Å². The Balaban J connectivity index is 1.66. The van der Waals surface area contributed by atoms with Crippen LogP contribution in [0.15, 0.2) is 12.1 Å². The minimum Gasteiger partial charge on any atom is -0.489 e. The summed E-state index contributed by atoms with van der Waals surface area (Å²) in [7, 11) is 1.73. The number of rotatable bonds is 5. The van der Waals surface area contributed by atoms with E-state index in [2.05, 4.69) is 4.90 Å². The van der Waals surface area contributed by atoms with E-state index in [-0.39, 0.29) is 18.8 Å². The van der Waals surface area contributed by atoms with Crippen molar-refractivity contribution >= 4 is 11.6 Å². The van der Waals surface area contributed by atoms with Gasteiger partial charge in [0, 0.05) is 32.7 Å². The van der Waals surface area contributed by atoms with Crippen molar-refractivity contribution in [1.82, 2.24) is 4.90 Å². The number of ether oxygens (including phenoxy) is 3. The molecular formula is C17H24ClNO4. The standard InChI is InChI=1S/C17H24ClNO4/c1-21-14-9-13(11-20)19(10-14)4-3-12-7-15(18)17-16(8-12)22-5-2-6-23-17/h7-8,13-14,20H,2-6,9-11H2,1H3/t13-,14+/m0/s1. The summed E-state index contributed by atoms with van der Waals surface area (Å²) in [5.74, 6) is 1.39. The van der Waals surface area contributed by atoms with Gasteiger partial charge in [0.25, 0.3) is 0 Å². The van der Waals surface area contributed by atoms with E-state index >= 15 is 0 Å². The lowest BCUT2D eigenvalue weighted by atomic mass is 10.1. The molecule has 2 atom stereocenters. The molecule has 23 heavy (non-hydrogen) atoms. The van der Waals surface area contributed by atoms with Gasteiger partial charge in [-0.1, -0.05) is 11.6 Å². The zero-order valence-electron chi connectivity index (χ0n) is 13.5. The first-order chi connectivity index (χ1) is 11.2. The molecule has 0 aliphatic carbocycles. The Morgan fingerprint density at radius 2 is 2.17 bits per heavy atom. The minimum atomic E-state index is 0.168. The molecule has 5 nitrogen and oxygen atoms in total. The Kier molecular flexibility index (Phi) is 5.64. The first-order valence-corrected chi connectivity index (χ1v) is 8.54. The Hall–Kier alpha value is -1.01. The van der Waals surface area contributed by atoms with Crippen molar-refractivity contribution in [1.29, 1.82) is 0 Å². The van der Waals surface area contributed by atoms with Gasteiger partial charge < -0.3 is 19.3 Å². The number of aliphatic hydroxyl groups is 1. The summed E-state index contributed by atoms with van der Waals surface area (Å²) in [6, 6.07) is 4.15. The highest BCUT2D eigenvalue weighted by molar-refractivity contribution is 6.32. The maximum Gasteiger partial charge on any atom is 0.179 e. The summed E-state index contributed by atoms with van der Waals surface area (Å²) in [4.78, 5) is 2.28. The number of fused-ring (bicyclic) bond motifs is 1. The second-order valence-corrected chi connectivity index (χ2v) is 6.54. The molecule has 0 unspecified atom stereocenters. The van der Waals surface area contributed by atoms with Gasteiger partial charge in [-0.15, -0.1) is 0 Å². The largest absolute Gasteiger partial charge is 0.489 e. The van der Waals surface area contributed by atoms with Crippen LogP contribution in [0.2, 0.25) is 5.02 Å². The van der Waals surface area contributed by atoms with Crippen LogP contribution in [0, 0.1) is 0 Å². The number of aliphatic hydroxyl groups excluding tert-OH is 1. The molecule has 0 aromatic heterocycles. The SMILES string of the molecule is CO[C@@H]1C[C@@H](CO)N(CCc2cc(Cl)c3c(c2)OCCCO3)C1. The predicted octanol–water partition coefficient (Wildman–Crippen LogP) is 2.13. The second-order valence-electron chi connectivity index (χ2n) is 6.13. The Labute approximate surface area is 142 Å². The summed E-state index contributed by atoms with van der Waals surface area (Å²) in [6.45, 7) is 3.18. The predicted molar refractivity (Wildman–Crippen MR) is 88.6 cm³/mol. The van der Waals surface area contributed by atoms with Crippen molar-refractivity contribution in [2.24, 2.45) is 0 Å². The molecular weight excluding hydrogens is 318 g/mol. The van der Waals surface area contributed by atoms with E-state index in [1.54, 1.807) is 7.11 Å². The van der Waals surface area contributed by atoms with E-state index in [1.807, 2.05) is 12.1 Å². The summed E-state index contributed by atoms with van der Waals surface area (Å²) >= 11 is 6.34. The lowest BCUT2D eigenvalue weighted by molar-refractivity contribution is 0.108. The molecule has 2 aliphatic heterocycles. The van der Waals surface area contributed by atoms with E-state index in [0.29, 0.717) is 24.0 Å². The fraction of sp³-hybridized carbons (Fsp3) is 0.647. The van der Waals surface area contributed by atoms with Gasteiger partial charge in [-0.2, -0.15) is 0 Å². The number of likely N-dealkylation sites (tertiary alicyclic amines) is 1. The highest BCUT2D eigenvalue weighted by Gasteiger charge is 2.31. The molecule has 2 heterocycles. The van der Waals surface area contributed by atoms with E-state index in [9.17, 15) is 5.11 Å². The lowest BCUT2D eigenvalue weighted by Gasteiger charge is -2.22. The summed E-state index contributed by atoms with van der Waals surface area (Å²) in [6.07, 6.45) is 2.81. The van der Waals surface area contributed by atoms with E-state index in [4.69, 9.17) is 25.8 Å². The molecule has 128 valence electrons. The molecule has 1 aromatic carbocycles. The Morgan fingerprint density at radius 3 is 2.96 bits per heavy atom. The molecule has 3 rings (SSSR count). The van der Waals surface area contributed by atoms with Crippen LogP contribution < -0.4 is 9.47 Å². The molecule has 6 heteroatoms. The smallest absolute Gasteiger partial charge is 0.179 e. The average Bonchev–Trinajstić information content (AvgIpc) is 2.81. The van der Waals surface area contributed by atoms with Crippen molar-refractivity contribution in [2.45, 2.75) is 31.4 Å². The van der Waals surface area contributed by atoms with Crippen molar-refractivity contribution in [3.05, 3.63) is 22.7 Å². The molecule has 0 spiro atoms. The van der Waals surface area contributed by atoms with Crippen LogP contribution in [0.25, 0.3) is 0 Å². The third-order valence-electron chi connectivity index (χ3n) is 4.58. The summed E-state index contributed by atoms with van der Waals surface area (Å²) < 4.78 is 16.8. The molecule has 0 bridgehead atoms. The van der Waals surface area contributed by atoms with Crippen molar-refractivity contribution < 1.29 is 19.3 Å². The van der Waals surface area contributed by atoms with E-state index in [1.165, 1.54) is 0 Å². The monoisotopic (exact) mass is 341 g/mol. The highest BCUT2D eigenvalue weighted by atomic mass is 35.5. The van der Waals surface area contributed by atoms with Crippen LogP contribution in [0.1, 0.15) is 18.4 Å². The first kappa shape index (κ1) is 16.8. The minimum absolute atomic E-state index is 0.168. The number of hydrogen-bond donors (Lipinski definition) is 1. The normalized spacial score (nSPS) is 24.7. The van der Waals surface area contributed by atoms with Gasteiger partial charge in [-0.25, -0.2) is 0 Å². The van der Waals surface area contributed by atoms with Crippen LogP contribution in [0.5, 0.6) is 11.5 Å². The van der Waals surface area contributed by atoms with Crippen LogP contribution in [-0.2, 0) is 11.2 Å². The van der Waals surface area contributed by atoms with Gasteiger partial charge in [-0.3, -0.25) is 4.90 Å². The van der Waals surface area contributed by atoms with E-state index in [0.717, 1.165) is 43.7 Å². The number of methoxy groups -OCH3 is 1. The van der Waals surface area contributed by atoms with Crippen molar-refractivity contribution in [3.8, 4) is 11.5 Å². The molecule has 1 N–H and O–H groups in total. The van der Waals surface area contributed by atoms with Gasteiger partial charge in [0.2, 0.25) is 0 Å². The van der Waals surface area contributed by atoms with Gasteiger partial charge >= 0.3 is 0 Å².